The summed E-state index contributed by atoms with van der Waals surface area (Å²) >= 11 is 6.10. The van der Waals surface area contributed by atoms with Crippen LogP contribution in [0, 0.1) is 6.92 Å². The van der Waals surface area contributed by atoms with Crippen molar-refractivity contribution in [2.24, 2.45) is 7.05 Å². The first-order valence-corrected chi connectivity index (χ1v) is 7.03. The Labute approximate surface area is 133 Å². The number of aryl methyl sites for hydroxylation is 2. The molecule has 1 amide bonds. The van der Waals surface area contributed by atoms with Crippen molar-refractivity contribution in [3.05, 3.63) is 46.4 Å². The molecular weight excluding hydrogens is 304 g/mol. The Morgan fingerprint density at radius 3 is 2.82 bits per heavy atom. The van der Waals surface area contributed by atoms with Crippen LogP contribution in [-0.4, -0.2) is 27.8 Å². The van der Waals surface area contributed by atoms with Crippen LogP contribution in [0.5, 0.6) is 5.88 Å². The van der Waals surface area contributed by atoms with E-state index < -0.39 is 0 Å². The molecule has 0 saturated heterocycles. The van der Waals surface area contributed by atoms with E-state index >= 15 is 0 Å². The molecule has 6 nitrogen and oxygen atoms in total. The first-order chi connectivity index (χ1) is 10.5. The normalized spacial score (nSPS) is 10.9. The fourth-order valence-electron chi connectivity index (χ4n) is 1.88. The van der Waals surface area contributed by atoms with Gasteiger partial charge in [0.05, 0.1) is 12.8 Å². The molecule has 116 valence electrons. The number of aromatic nitrogens is 3. The number of hydrogen-bond acceptors (Lipinski definition) is 4. The Kier molecular flexibility index (Phi) is 5.16. The third-order valence-corrected chi connectivity index (χ3v) is 3.52. The molecule has 0 bridgehead atoms. The van der Waals surface area contributed by atoms with Crippen molar-refractivity contribution in [3.8, 4) is 5.88 Å². The molecule has 0 aliphatic rings. The molecule has 2 aromatic heterocycles. The third-order valence-electron chi connectivity index (χ3n) is 3.07. The number of amides is 1. The van der Waals surface area contributed by atoms with Crippen LogP contribution in [0.25, 0.3) is 6.08 Å². The summed E-state index contributed by atoms with van der Waals surface area (Å²) < 4.78 is 6.54. The molecule has 2 heterocycles. The fourth-order valence-corrected chi connectivity index (χ4v) is 2.12. The zero-order valence-electron chi connectivity index (χ0n) is 12.6. The summed E-state index contributed by atoms with van der Waals surface area (Å²) in [6.45, 7) is 2.23. The Morgan fingerprint density at radius 1 is 1.50 bits per heavy atom. The van der Waals surface area contributed by atoms with Gasteiger partial charge in [-0.25, -0.2) is 4.98 Å². The first-order valence-electron chi connectivity index (χ1n) is 6.65. The quantitative estimate of drug-likeness (QED) is 0.857. The van der Waals surface area contributed by atoms with Gasteiger partial charge in [0.1, 0.15) is 5.15 Å². The van der Waals surface area contributed by atoms with Crippen molar-refractivity contribution < 1.29 is 9.53 Å². The summed E-state index contributed by atoms with van der Waals surface area (Å²) in [5, 5.41) is 7.46. The van der Waals surface area contributed by atoms with Crippen LogP contribution in [0.4, 0.5) is 0 Å². The average Bonchev–Trinajstić information content (AvgIpc) is 2.76. The zero-order chi connectivity index (χ0) is 16.1. The minimum absolute atomic E-state index is 0.213. The second-order valence-corrected chi connectivity index (χ2v) is 5.03. The maximum absolute atomic E-state index is 11.8. The van der Waals surface area contributed by atoms with Crippen LogP contribution in [0.3, 0.4) is 0 Å². The van der Waals surface area contributed by atoms with E-state index in [0.717, 1.165) is 16.8 Å². The lowest BCUT2D eigenvalue weighted by molar-refractivity contribution is -0.116. The SMILES string of the molecule is COc1ccc(CNC(=O)/C=C\c2c(C)nn(C)c2Cl)cn1. The largest absolute Gasteiger partial charge is 0.481 e. The lowest BCUT2D eigenvalue weighted by atomic mass is 10.2. The number of carbonyl (C=O) groups excluding carboxylic acids is 1. The maximum atomic E-state index is 11.8. The van der Waals surface area contributed by atoms with Gasteiger partial charge in [-0.1, -0.05) is 17.7 Å². The van der Waals surface area contributed by atoms with Gasteiger partial charge in [-0.2, -0.15) is 5.10 Å². The van der Waals surface area contributed by atoms with Crippen molar-refractivity contribution in [1.29, 1.82) is 0 Å². The highest BCUT2D eigenvalue weighted by Gasteiger charge is 2.08. The van der Waals surface area contributed by atoms with E-state index in [-0.39, 0.29) is 5.91 Å². The van der Waals surface area contributed by atoms with Crippen LogP contribution in [-0.2, 0) is 18.4 Å². The van der Waals surface area contributed by atoms with E-state index in [1.165, 1.54) is 6.08 Å². The summed E-state index contributed by atoms with van der Waals surface area (Å²) in [6, 6.07) is 3.59. The zero-order valence-corrected chi connectivity index (χ0v) is 13.4. The maximum Gasteiger partial charge on any atom is 0.244 e. The highest BCUT2D eigenvalue weighted by molar-refractivity contribution is 6.31. The van der Waals surface area contributed by atoms with E-state index in [1.807, 2.05) is 13.0 Å². The van der Waals surface area contributed by atoms with Crippen LogP contribution in [0.1, 0.15) is 16.8 Å². The second kappa shape index (κ2) is 7.09. The number of ether oxygens (including phenoxy) is 1. The molecular formula is C15H17ClN4O2. The molecule has 0 radical (unpaired) electrons. The van der Waals surface area contributed by atoms with Crippen molar-refractivity contribution in [3.63, 3.8) is 0 Å². The molecule has 2 aromatic rings. The van der Waals surface area contributed by atoms with E-state index in [4.69, 9.17) is 16.3 Å². The Bertz CT molecular complexity index is 692. The van der Waals surface area contributed by atoms with Gasteiger partial charge in [0.15, 0.2) is 0 Å². The van der Waals surface area contributed by atoms with Gasteiger partial charge in [0.25, 0.3) is 0 Å². The van der Waals surface area contributed by atoms with Crippen LogP contribution < -0.4 is 10.1 Å². The lowest BCUT2D eigenvalue weighted by Crippen LogP contribution is -2.20. The summed E-state index contributed by atoms with van der Waals surface area (Å²) in [5.74, 6) is 0.326. The molecule has 7 heteroatoms. The van der Waals surface area contributed by atoms with Crippen LogP contribution >= 0.6 is 11.6 Å². The molecule has 2 rings (SSSR count). The molecule has 1 N–H and O–H groups in total. The molecule has 22 heavy (non-hydrogen) atoms. The number of pyridine rings is 1. The molecule has 0 spiro atoms. The second-order valence-electron chi connectivity index (χ2n) is 4.67. The molecule has 0 atom stereocenters. The smallest absolute Gasteiger partial charge is 0.244 e. The first kappa shape index (κ1) is 16.0. The summed E-state index contributed by atoms with van der Waals surface area (Å²) in [5.41, 5.74) is 2.40. The number of hydrogen-bond donors (Lipinski definition) is 1. The number of carbonyl (C=O) groups is 1. The van der Waals surface area contributed by atoms with Gasteiger partial charge >= 0.3 is 0 Å². The number of nitrogens with one attached hydrogen (secondary N) is 1. The van der Waals surface area contributed by atoms with Crippen LogP contribution in [0.2, 0.25) is 5.15 Å². The summed E-state index contributed by atoms with van der Waals surface area (Å²) in [7, 11) is 3.31. The van der Waals surface area contributed by atoms with Crippen molar-refractivity contribution in [2.45, 2.75) is 13.5 Å². The predicted octanol–water partition coefficient (Wildman–Crippen LogP) is 2.12. The number of halogens is 1. The standard InChI is InChI=1S/C15H17ClN4O2/c1-10-12(15(16)20(2)19-10)5-6-13(21)17-8-11-4-7-14(22-3)18-9-11/h4-7,9H,8H2,1-3H3,(H,17,21)/b6-5-. The van der Waals surface area contributed by atoms with E-state index in [9.17, 15) is 4.79 Å². The van der Waals surface area contributed by atoms with Crippen molar-refractivity contribution in [1.82, 2.24) is 20.1 Å². The highest BCUT2D eigenvalue weighted by atomic mass is 35.5. The minimum atomic E-state index is -0.213. The fraction of sp³-hybridized carbons (Fsp3) is 0.267. The summed E-state index contributed by atoms with van der Waals surface area (Å²) in [4.78, 5) is 15.9. The number of rotatable bonds is 5. The lowest BCUT2D eigenvalue weighted by Gasteiger charge is -2.03. The number of methoxy groups -OCH3 is 1. The summed E-state index contributed by atoms with van der Waals surface area (Å²) in [6.07, 6.45) is 4.75. The molecule has 0 aliphatic carbocycles. The van der Waals surface area contributed by atoms with Gasteiger partial charge in [0.2, 0.25) is 11.8 Å². The Morgan fingerprint density at radius 2 is 2.27 bits per heavy atom. The minimum Gasteiger partial charge on any atom is -0.481 e. The molecule has 0 fully saturated rings. The molecule has 0 saturated carbocycles. The monoisotopic (exact) mass is 320 g/mol. The predicted molar refractivity (Wildman–Crippen MR) is 84.6 cm³/mol. The topological polar surface area (TPSA) is 69.0 Å². The number of nitrogens with zero attached hydrogens (tertiary/aromatic N) is 3. The highest BCUT2D eigenvalue weighted by Crippen LogP contribution is 2.19. The molecule has 0 aromatic carbocycles. The average molecular weight is 321 g/mol. The van der Waals surface area contributed by atoms with Gasteiger partial charge < -0.3 is 10.1 Å². The van der Waals surface area contributed by atoms with E-state index in [1.54, 1.807) is 37.2 Å². The van der Waals surface area contributed by atoms with Gasteiger partial charge in [-0.15, -0.1) is 0 Å². The molecule has 0 unspecified atom stereocenters. The third kappa shape index (κ3) is 3.85. The molecule has 0 aliphatic heterocycles. The van der Waals surface area contributed by atoms with E-state index in [0.29, 0.717) is 17.6 Å². The van der Waals surface area contributed by atoms with Gasteiger partial charge in [-0.05, 0) is 18.6 Å². The van der Waals surface area contributed by atoms with Crippen molar-refractivity contribution >= 4 is 23.6 Å². The van der Waals surface area contributed by atoms with E-state index in [2.05, 4.69) is 15.4 Å². The Hall–Kier alpha value is -2.34. The van der Waals surface area contributed by atoms with Crippen molar-refractivity contribution in [2.75, 3.05) is 7.11 Å². The van der Waals surface area contributed by atoms with Crippen LogP contribution in [0.15, 0.2) is 24.4 Å². The van der Waals surface area contributed by atoms with Gasteiger partial charge in [0, 0.05) is 37.5 Å². The van der Waals surface area contributed by atoms with Gasteiger partial charge in [-0.3, -0.25) is 9.48 Å². The Balaban J connectivity index is 1.93.